The van der Waals surface area contributed by atoms with Gasteiger partial charge in [0.15, 0.2) is 0 Å². The first-order chi connectivity index (χ1) is 12.1. The highest BCUT2D eigenvalue weighted by Crippen LogP contribution is 2.27. The molecule has 132 valence electrons. The molecule has 3 heterocycles. The summed E-state index contributed by atoms with van der Waals surface area (Å²) in [6.07, 6.45) is -1.15. The summed E-state index contributed by atoms with van der Waals surface area (Å²) in [5.74, 6) is 0.963. The zero-order valence-corrected chi connectivity index (χ0v) is 13.8. The van der Waals surface area contributed by atoms with Gasteiger partial charge in [-0.1, -0.05) is 18.2 Å². The number of aryl methyl sites for hydroxylation is 1. The molecule has 7 nitrogen and oxygen atoms in total. The van der Waals surface area contributed by atoms with Crippen molar-refractivity contribution in [2.75, 3.05) is 13.2 Å². The number of ether oxygens (including phenoxy) is 2. The first-order valence-electron chi connectivity index (χ1n) is 8.34. The third kappa shape index (κ3) is 3.18. The van der Waals surface area contributed by atoms with Gasteiger partial charge in [0.25, 0.3) is 0 Å². The highest BCUT2D eigenvalue weighted by molar-refractivity contribution is 5.79. The number of oxazole rings is 1. The van der Waals surface area contributed by atoms with Crippen molar-refractivity contribution in [3.63, 3.8) is 0 Å². The molecule has 2 saturated heterocycles. The highest BCUT2D eigenvalue weighted by Gasteiger charge is 2.47. The van der Waals surface area contributed by atoms with Crippen molar-refractivity contribution in [2.45, 2.75) is 37.7 Å². The summed E-state index contributed by atoms with van der Waals surface area (Å²) in [5.41, 5.74) is 1.48. The predicted molar refractivity (Wildman–Crippen MR) is 87.8 cm³/mol. The molecule has 0 spiro atoms. The Morgan fingerprint density at radius 3 is 2.80 bits per heavy atom. The van der Waals surface area contributed by atoms with E-state index in [1.807, 2.05) is 30.3 Å². The number of carbonyl (C=O) groups is 1. The number of aromatic nitrogens is 1. The first kappa shape index (κ1) is 16.3. The molecule has 1 aromatic heterocycles. The summed E-state index contributed by atoms with van der Waals surface area (Å²) < 4.78 is 16.7. The van der Waals surface area contributed by atoms with E-state index in [1.165, 1.54) is 0 Å². The Bertz CT molecular complexity index is 760. The zero-order chi connectivity index (χ0) is 17.4. The molecule has 2 N–H and O–H groups in total. The molecule has 2 aliphatic heterocycles. The van der Waals surface area contributed by atoms with Gasteiger partial charge in [-0.15, -0.1) is 0 Å². The number of hydrogen-bond acceptors (Lipinski definition) is 6. The number of nitrogens with one attached hydrogen (secondary N) is 1. The Kier molecular flexibility index (Phi) is 4.29. The van der Waals surface area contributed by atoms with E-state index in [9.17, 15) is 9.90 Å². The van der Waals surface area contributed by atoms with E-state index in [2.05, 4.69) is 10.3 Å². The predicted octanol–water partition coefficient (Wildman–Crippen LogP) is 0.836. The van der Waals surface area contributed by atoms with Crippen LogP contribution in [0.4, 0.5) is 0 Å². The lowest BCUT2D eigenvalue weighted by Gasteiger charge is -2.17. The minimum atomic E-state index is -0.627. The van der Waals surface area contributed by atoms with Gasteiger partial charge in [0.1, 0.15) is 24.1 Å². The maximum atomic E-state index is 12.4. The minimum Gasteiger partial charge on any atom is -0.441 e. The number of aliphatic hydroxyl groups excluding tert-OH is 1. The Morgan fingerprint density at radius 2 is 2.00 bits per heavy atom. The quantitative estimate of drug-likeness (QED) is 0.853. The van der Waals surface area contributed by atoms with Gasteiger partial charge in [-0.25, -0.2) is 4.98 Å². The Morgan fingerprint density at radius 1 is 1.24 bits per heavy atom. The number of fused-ring (bicyclic) bond motifs is 1. The summed E-state index contributed by atoms with van der Waals surface area (Å²) in [6.45, 7) is 2.38. The number of carbonyl (C=O) groups excluding carboxylic acids is 1. The van der Waals surface area contributed by atoms with Crippen molar-refractivity contribution < 1.29 is 23.8 Å². The molecular formula is C18H20N2O5. The molecule has 2 fully saturated rings. The molecule has 0 bridgehead atoms. The van der Waals surface area contributed by atoms with E-state index in [-0.39, 0.29) is 37.2 Å². The fourth-order valence-electron chi connectivity index (χ4n) is 3.31. The second-order valence-corrected chi connectivity index (χ2v) is 6.40. The number of amides is 1. The van der Waals surface area contributed by atoms with Gasteiger partial charge in [0, 0.05) is 5.56 Å². The van der Waals surface area contributed by atoms with Crippen LogP contribution >= 0.6 is 0 Å². The molecule has 25 heavy (non-hydrogen) atoms. The third-order valence-corrected chi connectivity index (χ3v) is 4.62. The van der Waals surface area contributed by atoms with E-state index in [1.54, 1.807) is 6.92 Å². The van der Waals surface area contributed by atoms with Crippen LogP contribution in [0, 0.1) is 6.92 Å². The van der Waals surface area contributed by atoms with Crippen molar-refractivity contribution in [3.8, 4) is 11.5 Å². The van der Waals surface area contributed by atoms with E-state index < -0.39 is 6.10 Å². The second kappa shape index (κ2) is 6.59. The van der Waals surface area contributed by atoms with E-state index in [0.29, 0.717) is 24.0 Å². The lowest BCUT2D eigenvalue weighted by atomic mass is 10.1. The van der Waals surface area contributed by atoms with Crippen molar-refractivity contribution in [3.05, 3.63) is 41.8 Å². The van der Waals surface area contributed by atoms with Crippen LogP contribution in [0.5, 0.6) is 0 Å². The molecule has 1 aromatic carbocycles. The summed E-state index contributed by atoms with van der Waals surface area (Å²) in [4.78, 5) is 16.8. The van der Waals surface area contributed by atoms with E-state index in [4.69, 9.17) is 13.9 Å². The summed E-state index contributed by atoms with van der Waals surface area (Å²) in [6, 6.07) is 9.31. The molecular weight excluding hydrogens is 324 g/mol. The molecule has 7 heteroatoms. The van der Waals surface area contributed by atoms with Crippen molar-refractivity contribution in [2.24, 2.45) is 0 Å². The Labute approximate surface area is 145 Å². The van der Waals surface area contributed by atoms with Crippen LogP contribution in [0.25, 0.3) is 11.5 Å². The van der Waals surface area contributed by atoms with Gasteiger partial charge in [-0.2, -0.15) is 0 Å². The lowest BCUT2D eigenvalue weighted by Crippen LogP contribution is -2.44. The molecule has 2 aromatic rings. The normalized spacial score (nSPS) is 28.1. The largest absolute Gasteiger partial charge is 0.441 e. The average Bonchev–Trinajstić information content (AvgIpc) is 3.28. The van der Waals surface area contributed by atoms with Gasteiger partial charge in [0.2, 0.25) is 11.8 Å². The SMILES string of the molecule is Cc1oc(-c2ccccc2)nc1CC(=O)N[C@@H]1CO[C@H]2[C@@H]1OC[C@H]2O. The molecule has 0 saturated carbocycles. The van der Waals surface area contributed by atoms with Gasteiger partial charge < -0.3 is 24.3 Å². The van der Waals surface area contributed by atoms with Gasteiger partial charge in [-0.05, 0) is 19.1 Å². The molecule has 4 rings (SSSR count). The Hall–Kier alpha value is -2.22. The third-order valence-electron chi connectivity index (χ3n) is 4.62. The van der Waals surface area contributed by atoms with Gasteiger partial charge in [0.05, 0.1) is 31.4 Å². The number of hydrogen-bond donors (Lipinski definition) is 2. The van der Waals surface area contributed by atoms with Crippen molar-refractivity contribution in [1.82, 2.24) is 10.3 Å². The molecule has 2 aliphatic rings. The average molecular weight is 344 g/mol. The molecule has 1 amide bonds. The summed E-state index contributed by atoms with van der Waals surface area (Å²) >= 11 is 0. The Balaban J connectivity index is 1.41. The first-order valence-corrected chi connectivity index (χ1v) is 8.34. The standard InChI is InChI=1S/C18H20N2O5/c1-10-12(20-18(25-10)11-5-3-2-4-6-11)7-15(22)19-13-8-23-17-14(21)9-24-16(13)17/h2-6,13-14,16-17,21H,7-9H2,1H3,(H,19,22)/t13-,14-,16-,17-/m1/s1. The second-order valence-electron chi connectivity index (χ2n) is 6.40. The summed E-state index contributed by atoms with van der Waals surface area (Å²) in [5, 5.41) is 12.7. The topological polar surface area (TPSA) is 93.8 Å². The number of nitrogens with zero attached hydrogens (tertiary/aromatic N) is 1. The van der Waals surface area contributed by atoms with Gasteiger partial charge in [-0.3, -0.25) is 4.79 Å². The smallest absolute Gasteiger partial charge is 0.226 e. The lowest BCUT2D eigenvalue weighted by molar-refractivity contribution is -0.121. The van der Waals surface area contributed by atoms with E-state index in [0.717, 1.165) is 5.56 Å². The zero-order valence-electron chi connectivity index (χ0n) is 13.8. The molecule has 0 unspecified atom stereocenters. The highest BCUT2D eigenvalue weighted by atomic mass is 16.6. The maximum absolute atomic E-state index is 12.4. The summed E-state index contributed by atoms with van der Waals surface area (Å²) in [7, 11) is 0. The van der Waals surface area contributed by atoms with Crippen LogP contribution < -0.4 is 5.32 Å². The number of rotatable bonds is 4. The van der Waals surface area contributed by atoms with Crippen molar-refractivity contribution in [1.29, 1.82) is 0 Å². The van der Waals surface area contributed by atoms with Crippen molar-refractivity contribution >= 4 is 5.91 Å². The molecule has 0 radical (unpaired) electrons. The number of aliphatic hydroxyl groups is 1. The van der Waals surface area contributed by atoms with Crippen LogP contribution in [0.15, 0.2) is 34.7 Å². The van der Waals surface area contributed by atoms with Gasteiger partial charge >= 0.3 is 0 Å². The fourth-order valence-corrected chi connectivity index (χ4v) is 3.31. The molecule has 4 atom stereocenters. The van der Waals surface area contributed by atoms with Crippen LogP contribution in [0.3, 0.4) is 0 Å². The van der Waals surface area contributed by atoms with Crippen LogP contribution in [0.2, 0.25) is 0 Å². The maximum Gasteiger partial charge on any atom is 0.226 e. The number of benzene rings is 1. The fraction of sp³-hybridized carbons (Fsp3) is 0.444. The van der Waals surface area contributed by atoms with Crippen LogP contribution in [-0.2, 0) is 20.7 Å². The van der Waals surface area contributed by atoms with Crippen LogP contribution in [-0.4, -0.2) is 53.6 Å². The molecule has 0 aliphatic carbocycles. The van der Waals surface area contributed by atoms with Crippen LogP contribution in [0.1, 0.15) is 11.5 Å². The minimum absolute atomic E-state index is 0.124. The van der Waals surface area contributed by atoms with E-state index >= 15 is 0 Å². The monoisotopic (exact) mass is 344 g/mol.